The van der Waals surface area contributed by atoms with Crippen LogP contribution in [0, 0.1) is 0 Å². The molecule has 0 aliphatic carbocycles. The van der Waals surface area contributed by atoms with Crippen LogP contribution in [-0.2, 0) is 11.3 Å². The maximum absolute atomic E-state index is 10.9. The largest absolute Gasteiger partial charge is 0.493 e. The third-order valence-electron chi connectivity index (χ3n) is 4.72. The first-order chi connectivity index (χ1) is 13.2. The predicted octanol–water partition coefficient (Wildman–Crippen LogP) is 2.08. The molecule has 7 nitrogen and oxygen atoms in total. The summed E-state index contributed by atoms with van der Waals surface area (Å²) >= 11 is 0. The Morgan fingerprint density at radius 1 is 1.30 bits per heavy atom. The molecule has 1 aliphatic rings. The van der Waals surface area contributed by atoms with Crippen LogP contribution in [-0.4, -0.2) is 44.2 Å². The molecule has 27 heavy (non-hydrogen) atoms. The Morgan fingerprint density at radius 2 is 2.11 bits per heavy atom. The Kier molecular flexibility index (Phi) is 6.73. The second-order valence-electron chi connectivity index (χ2n) is 6.65. The van der Waals surface area contributed by atoms with Gasteiger partial charge in [-0.2, -0.15) is 0 Å². The van der Waals surface area contributed by atoms with Crippen LogP contribution < -0.4 is 20.5 Å². The van der Waals surface area contributed by atoms with Gasteiger partial charge in [-0.25, -0.2) is 0 Å². The lowest BCUT2D eigenvalue weighted by Crippen LogP contribution is -2.33. The Labute approximate surface area is 159 Å². The van der Waals surface area contributed by atoms with E-state index in [1.165, 1.54) is 12.8 Å². The van der Waals surface area contributed by atoms with Crippen LogP contribution in [0.3, 0.4) is 0 Å². The lowest BCUT2D eigenvalue weighted by atomic mass is 10.1. The molecule has 146 valence electrons. The molecule has 7 heteroatoms. The van der Waals surface area contributed by atoms with Crippen LogP contribution in [0.15, 0.2) is 41.0 Å². The van der Waals surface area contributed by atoms with Crippen LogP contribution in [0.25, 0.3) is 0 Å². The fraction of sp³-hybridized carbons (Fsp3) is 0.450. The van der Waals surface area contributed by atoms with Gasteiger partial charge in [0.25, 0.3) is 5.91 Å². The van der Waals surface area contributed by atoms with Gasteiger partial charge in [0.15, 0.2) is 18.1 Å². The average Bonchev–Trinajstić information content (AvgIpc) is 3.38. The molecule has 3 N–H and O–H groups in total. The SMILES string of the molecule is COc1cc(CNC[C@H](c2ccco2)N2CCCC2)ccc1OCC(N)=O. The minimum Gasteiger partial charge on any atom is -0.493 e. The molecule has 1 aromatic heterocycles. The third kappa shape index (κ3) is 5.24. The molecule has 1 aliphatic heterocycles. The first-order valence-corrected chi connectivity index (χ1v) is 9.23. The smallest absolute Gasteiger partial charge is 0.255 e. The number of hydrogen-bond donors (Lipinski definition) is 2. The molecule has 0 unspecified atom stereocenters. The lowest BCUT2D eigenvalue weighted by Gasteiger charge is -2.26. The maximum atomic E-state index is 10.9. The normalized spacial score (nSPS) is 15.6. The quantitative estimate of drug-likeness (QED) is 0.663. The highest BCUT2D eigenvalue weighted by molar-refractivity contribution is 5.75. The van der Waals surface area contributed by atoms with E-state index in [0.29, 0.717) is 18.0 Å². The number of benzene rings is 1. The standard InChI is InChI=1S/C20H27N3O4/c1-25-19-11-15(6-7-18(19)27-14-20(21)24)12-22-13-16(17-5-4-10-26-17)23-8-2-3-9-23/h4-7,10-11,16,22H,2-3,8-9,12-14H2,1H3,(H2,21,24)/t16-/m1/s1. The number of methoxy groups -OCH3 is 1. The fourth-order valence-corrected chi connectivity index (χ4v) is 3.39. The van der Waals surface area contributed by atoms with Crippen molar-refractivity contribution in [3.63, 3.8) is 0 Å². The molecule has 0 radical (unpaired) electrons. The van der Waals surface area contributed by atoms with Gasteiger partial charge in [-0.1, -0.05) is 6.07 Å². The number of carbonyl (C=O) groups is 1. The molecule has 0 spiro atoms. The van der Waals surface area contributed by atoms with Crippen molar-refractivity contribution in [3.8, 4) is 11.5 Å². The Morgan fingerprint density at radius 3 is 2.78 bits per heavy atom. The number of nitrogens with zero attached hydrogens (tertiary/aromatic N) is 1. The molecular formula is C20H27N3O4. The summed E-state index contributed by atoms with van der Waals surface area (Å²) in [4.78, 5) is 13.4. The first-order valence-electron chi connectivity index (χ1n) is 9.23. The second-order valence-corrected chi connectivity index (χ2v) is 6.65. The van der Waals surface area contributed by atoms with Crippen molar-refractivity contribution in [3.05, 3.63) is 47.9 Å². The van der Waals surface area contributed by atoms with E-state index in [0.717, 1.165) is 31.0 Å². The molecule has 1 saturated heterocycles. The number of ether oxygens (including phenoxy) is 2. The van der Waals surface area contributed by atoms with Crippen molar-refractivity contribution < 1.29 is 18.7 Å². The van der Waals surface area contributed by atoms with Gasteiger partial charge in [0.05, 0.1) is 19.4 Å². The van der Waals surface area contributed by atoms with Crippen molar-refractivity contribution in [1.82, 2.24) is 10.2 Å². The number of primary amides is 1. The first kappa shape index (κ1) is 19.3. The zero-order valence-corrected chi connectivity index (χ0v) is 15.6. The van der Waals surface area contributed by atoms with Gasteiger partial charge in [0.1, 0.15) is 5.76 Å². The van der Waals surface area contributed by atoms with Gasteiger partial charge in [-0.15, -0.1) is 0 Å². The average molecular weight is 373 g/mol. The third-order valence-corrected chi connectivity index (χ3v) is 4.72. The molecule has 2 heterocycles. The fourth-order valence-electron chi connectivity index (χ4n) is 3.39. The zero-order chi connectivity index (χ0) is 19.1. The van der Waals surface area contributed by atoms with Gasteiger partial charge >= 0.3 is 0 Å². The van der Waals surface area contributed by atoms with Gasteiger partial charge in [-0.05, 0) is 55.8 Å². The van der Waals surface area contributed by atoms with Gasteiger partial charge in [0.2, 0.25) is 0 Å². The summed E-state index contributed by atoms with van der Waals surface area (Å²) in [5.74, 6) is 1.56. The Balaban J connectivity index is 1.59. The molecule has 3 rings (SSSR count). The number of nitrogens with two attached hydrogens (primary N) is 1. The Hall–Kier alpha value is -2.51. The minimum atomic E-state index is -0.520. The van der Waals surface area contributed by atoms with Crippen LogP contribution >= 0.6 is 0 Å². The van der Waals surface area contributed by atoms with Crippen LogP contribution in [0.1, 0.15) is 30.2 Å². The van der Waals surface area contributed by atoms with E-state index in [2.05, 4.69) is 10.2 Å². The number of hydrogen-bond acceptors (Lipinski definition) is 6. The lowest BCUT2D eigenvalue weighted by molar-refractivity contribution is -0.119. The van der Waals surface area contributed by atoms with E-state index in [9.17, 15) is 4.79 Å². The van der Waals surface area contributed by atoms with Crippen LogP contribution in [0.5, 0.6) is 11.5 Å². The number of furan rings is 1. The van der Waals surface area contributed by atoms with Crippen molar-refractivity contribution in [2.45, 2.75) is 25.4 Å². The molecule has 0 bridgehead atoms. The highest BCUT2D eigenvalue weighted by atomic mass is 16.5. The minimum absolute atomic E-state index is 0.172. The van der Waals surface area contributed by atoms with E-state index in [1.54, 1.807) is 19.4 Å². The summed E-state index contributed by atoms with van der Waals surface area (Å²) in [6.45, 7) is 3.53. The van der Waals surface area contributed by atoms with E-state index in [4.69, 9.17) is 19.6 Å². The highest BCUT2D eigenvalue weighted by Crippen LogP contribution is 2.28. The zero-order valence-electron chi connectivity index (χ0n) is 15.6. The van der Waals surface area contributed by atoms with Crippen molar-refractivity contribution in [1.29, 1.82) is 0 Å². The molecule has 1 atom stereocenters. The van der Waals surface area contributed by atoms with Crippen LogP contribution in [0.4, 0.5) is 0 Å². The number of carbonyl (C=O) groups excluding carboxylic acids is 1. The summed E-state index contributed by atoms with van der Waals surface area (Å²) < 4.78 is 16.4. The molecule has 1 amide bonds. The summed E-state index contributed by atoms with van der Waals surface area (Å²) in [5, 5.41) is 3.52. The predicted molar refractivity (Wildman–Crippen MR) is 102 cm³/mol. The van der Waals surface area contributed by atoms with E-state index in [1.807, 2.05) is 24.3 Å². The highest BCUT2D eigenvalue weighted by Gasteiger charge is 2.25. The maximum Gasteiger partial charge on any atom is 0.255 e. The van der Waals surface area contributed by atoms with Gasteiger partial charge in [-0.3, -0.25) is 9.69 Å². The number of amides is 1. The van der Waals surface area contributed by atoms with E-state index < -0.39 is 5.91 Å². The van der Waals surface area contributed by atoms with Crippen molar-refractivity contribution in [2.75, 3.05) is 33.4 Å². The molecule has 0 saturated carbocycles. The van der Waals surface area contributed by atoms with E-state index >= 15 is 0 Å². The summed E-state index contributed by atoms with van der Waals surface area (Å²) in [7, 11) is 1.57. The Bertz CT molecular complexity index is 727. The molecule has 2 aromatic rings. The summed E-state index contributed by atoms with van der Waals surface area (Å²) in [5.41, 5.74) is 6.19. The molecular weight excluding hydrogens is 346 g/mol. The second kappa shape index (κ2) is 9.43. The number of likely N-dealkylation sites (tertiary alicyclic amines) is 1. The number of nitrogens with one attached hydrogen (secondary N) is 1. The van der Waals surface area contributed by atoms with E-state index in [-0.39, 0.29) is 12.6 Å². The number of rotatable bonds is 10. The van der Waals surface area contributed by atoms with Crippen molar-refractivity contribution >= 4 is 5.91 Å². The van der Waals surface area contributed by atoms with Gasteiger partial charge in [0, 0.05) is 13.1 Å². The van der Waals surface area contributed by atoms with Crippen LogP contribution in [0.2, 0.25) is 0 Å². The summed E-state index contributed by atoms with van der Waals surface area (Å²) in [6, 6.07) is 9.86. The van der Waals surface area contributed by atoms with Gasteiger partial charge < -0.3 is 24.9 Å². The molecule has 1 fully saturated rings. The summed E-state index contributed by atoms with van der Waals surface area (Å²) in [6.07, 6.45) is 4.20. The monoisotopic (exact) mass is 373 g/mol. The van der Waals surface area contributed by atoms with Crippen molar-refractivity contribution in [2.24, 2.45) is 5.73 Å². The molecule has 1 aromatic carbocycles. The topological polar surface area (TPSA) is 90.0 Å².